The third-order valence-corrected chi connectivity index (χ3v) is 5.48. The molecule has 1 fully saturated rings. The van der Waals surface area contributed by atoms with Gasteiger partial charge in [-0.3, -0.25) is 15.1 Å². The van der Waals surface area contributed by atoms with Gasteiger partial charge in [-0.05, 0) is 24.6 Å². The van der Waals surface area contributed by atoms with E-state index in [9.17, 15) is 31.1 Å². The Morgan fingerprint density at radius 3 is 2.06 bits per heavy atom. The van der Waals surface area contributed by atoms with Crippen LogP contribution in [-0.2, 0) is 22.4 Å². The fraction of sp³-hybridized carbons (Fsp3) is 0.333. The Kier molecular flexibility index (Phi) is 5.32. The van der Waals surface area contributed by atoms with E-state index in [2.05, 4.69) is 5.32 Å². The molecule has 2 N–H and O–H groups in total. The number of hydrogen-bond acceptors (Lipinski definition) is 2. The highest BCUT2D eigenvalue weighted by Crippen LogP contribution is 2.43. The van der Waals surface area contributed by atoms with Crippen LogP contribution in [0, 0.1) is 11.2 Å². The van der Waals surface area contributed by atoms with Crippen molar-refractivity contribution in [3.8, 4) is 0 Å². The van der Waals surface area contributed by atoms with Gasteiger partial charge in [0, 0.05) is 25.1 Å². The molecule has 2 aromatic rings. The van der Waals surface area contributed by atoms with E-state index >= 15 is 0 Å². The van der Waals surface area contributed by atoms with Crippen molar-refractivity contribution in [1.82, 2.24) is 10.2 Å². The summed E-state index contributed by atoms with van der Waals surface area (Å²) in [6.45, 7) is 2.09. The number of benzene rings is 2. The van der Waals surface area contributed by atoms with Crippen LogP contribution in [0.3, 0.4) is 0 Å². The van der Waals surface area contributed by atoms with Crippen molar-refractivity contribution in [2.24, 2.45) is 0 Å². The Labute approximate surface area is 174 Å². The van der Waals surface area contributed by atoms with Gasteiger partial charge in [0.25, 0.3) is 5.92 Å². The Morgan fingerprint density at radius 1 is 1.03 bits per heavy atom. The lowest BCUT2D eigenvalue weighted by atomic mass is 9.73. The largest absolute Gasteiger partial charge is 0.416 e. The summed E-state index contributed by atoms with van der Waals surface area (Å²) in [6, 6.07) is 6.78. The van der Waals surface area contributed by atoms with Crippen LogP contribution in [0.1, 0.15) is 42.0 Å². The van der Waals surface area contributed by atoms with Crippen molar-refractivity contribution >= 4 is 11.9 Å². The smallest absolute Gasteiger partial charge is 0.346 e. The average Bonchev–Trinajstić information content (AvgIpc) is 2.65. The minimum absolute atomic E-state index is 0.242. The van der Waals surface area contributed by atoms with Crippen molar-refractivity contribution < 1.29 is 31.1 Å². The molecule has 2 aromatic carbocycles. The van der Waals surface area contributed by atoms with Crippen LogP contribution in [-0.4, -0.2) is 23.8 Å². The van der Waals surface area contributed by atoms with Crippen LogP contribution in [0.2, 0.25) is 0 Å². The van der Waals surface area contributed by atoms with E-state index in [-0.39, 0.29) is 22.6 Å². The molecule has 1 saturated heterocycles. The molecule has 31 heavy (non-hydrogen) atoms. The highest BCUT2D eigenvalue weighted by atomic mass is 19.4. The molecule has 1 heterocycles. The molecule has 0 saturated carbocycles. The van der Waals surface area contributed by atoms with E-state index < -0.39 is 40.8 Å². The maximum Gasteiger partial charge on any atom is 0.416 e. The predicted molar refractivity (Wildman–Crippen MR) is 101 cm³/mol. The number of nitrogens with one attached hydrogen (secondary N) is 2. The maximum absolute atomic E-state index is 14.8. The normalized spacial score (nSPS) is 22.5. The highest BCUT2D eigenvalue weighted by molar-refractivity contribution is 6.02. The summed E-state index contributed by atoms with van der Waals surface area (Å²) in [4.78, 5) is 14.0. The van der Waals surface area contributed by atoms with E-state index in [1.54, 1.807) is 0 Å². The van der Waals surface area contributed by atoms with Gasteiger partial charge < -0.3 is 5.32 Å². The zero-order valence-corrected chi connectivity index (χ0v) is 16.7. The number of amides is 1. The molecule has 0 aliphatic carbocycles. The summed E-state index contributed by atoms with van der Waals surface area (Å²) in [7, 11) is 1.31. The maximum atomic E-state index is 14.8. The summed E-state index contributed by atoms with van der Waals surface area (Å²) in [5.41, 5.74) is -3.16. The molecule has 0 spiro atoms. The average molecular weight is 443 g/mol. The standard InChI is InChI=1S/C21H19F6N3O/c1-19(14-9-8-13(10-15(14)22)21(25,26)27)16(17(31)30(3)18(28)29-19)11-4-6-12(7-5-11)20(2,23)24/h4-10,16H,1-3H3,(H2,28,29)/t16-,19-/m1/s1. The fourth-order valence-corrected chi connectivity index (χ4v) is 3.73. The highest BCUT2D eigenvalue weighted by Gasteiger charge is 2.50. The Bertz CT molecular complexity index is 1030. The first-order valence-corrected chi connectivity index (χ1v) is 9.16. The molecule has 10 heteroatoms. The molecular formula is C21H19F6N3O. The molecule has 4 nitrogen and oxygen atoms in total. The number of carbonyl (C=O) groups is 1. The third kappa shape index (κ3) is 3.98. The minimum Gasteiger partial charge on any atom is -0.346 e. The van der Waals surface area contributed by atoms with Gasteiger partial charge in [-0.1, -0.05) is 30.3 Å². The zero-order valence-electron chi connectivity index (χ0n) is 16.7. The molecule has 0 radical (unpaired) electrons. The van der Waals surface area contributed by atoms with Crippen molar-refractivity contribution in [2.75, 3.05) is 7.05 Å². The first-order chi connectivity index (χ1) is 14.2. The Balaban J connectivity index is 2.15. The second-order valence-electron chi connectivity index (χ2n) is 7.71. The first kappa shape index (κ1) is 22.6. The van der Waals surface area contributed by atoms with Gasteiger partial charge in [-0.15, -0.1) is 0 Å². The van der Waals surface area contributed by atoms with Gasteiger partial charge in [0.15, 0.2) is 5.96 Å². The number of alkyl halides is 5. The topological polar surface area (TPSA) is 56.2 Å². The quantitative estimate of drug-likeness (QED) is 0.660. The molecule has 3 rings (SSSR count). The second-order valence-corrected chi connectivity index (χ2v) is 7.71. The molecule has 0 bridgehead atoms. The van der Waals surface area contributed by atoms with E-state index in [1.165, 1.54) is 26.1 Å². The van der Waals surface area contributed by atoms with Gasteiger partial charge >= 0.3 is 6.18 Å². The van der Waals surface area contributed by atoms with Gasteiger partial charge in [0.05, 0.1) is 17.0 Å². The number of rotatable bonds is 3. The van der Waals surface area contributed by atoms with E-state index in [0.717, 1.165) is 23.1 Å². The summed E-state index contributed by atoms with van der Waals surface area (Å²) in [5, 5.41) is 10.7. The monoisotopic (exact) mass is 443 g/mol. The lowest BCUT2D eigenvalue weighted by Crippen LogP contribution is -2.62. The van der Waals surface area contributed by atoms with E-state index in [1.807, 2.05) is 0 Å². The lowest BCUT2D eigenvalue weighted by Gasteiger charge is -2.46. The van der Waals surface area contributed by atoms with Crippen LogP contribution >= 0.6 is 0 Å². The summed E-state index contributed by atoms with van der Waals surface area (Å²) in [6.07, 6.45) is -4.76. The minimum atomic E-state index is -4.76. The Morgan fingerprint density at radius 2 is 1.58 bits per heavy atom. The number of halogens is 6. The summed E-state index contributed by atoms with van der Waals surface area (Å²) >= 11 is 0. The molecule has 0 aromatic heterocycles. The number of carbonyl (C=O) groups excluding carboxylic acids is 1. The molecule has 1 aliphatic heterocycles. The summed E-state index contributed by atoms with van der Waals surface area (Å²) < 4.78 is 80.8. The SMILES string of the molecule is CN1C(=N)N[C@](C)(c2ccc(C(F)(F)F)cc2F)[C@H](c2ccc(C(C)(F)F)cc2)C1=O. The number of likely N-dealkylation sites (N-methyl/N-ethyl adjacent to an activating group) is 1. The van der Waals surface area contributed by atoms with Gasteiger partial charge in [0.2, 0.25) is 5.91 Å². The molecule has 1 aliphatic rings. The van der Waals surface area contributed by atoms with E-state index in [0.29, 0.717) is 19.1 Å². The van der Waals surface area contributed by atoms with Crippen molar-refractivity contribution in [3.63, 3.8) is 0 Å². The van der Waals surface area contributed by atoms with Gasteiger partial charge in [-0.2, -0.15) is 13.2 Å². The second kappa shape index (κ2) is 7.28. The van der Waals surface area contributed by atoms with Gasteiger partial charge in [-0.25, -0.2) is 13.2 Å². The van der Waals surface area contributed by atoms with Gasteiger partial charge in [0.1, 0.15) is 5.82 Å². The van der Waals surface area contributed by atoms with Crippen molar-refractivity contribution in [1.29, 1.82) is 5.41 Å². The number of guanidine groups is 1. The molecule has 166 valence electrons. The third-order valence-electron chi connectivity index (χ3n) is 5.48. The van der Waals surface area contributed by atoms with Crippen LogP contribution < -0.4 is 5.32 Å². The molecule has 2 atom stereocenters. The lowest BCUT2D eigenvalue weighted by molar-refractivity contribution is -0.138. The number of nitrogens with zero attached hydrogens (tertiary/aromatic N) is 1. The molecule has 1 amide bonds. The van der Waals surface area contributed by atoms with Crippen LogP contribution in [0.25, 0.3) is 0 Å². The van der Waals surface area contributed by atoms with Crippen molar-refractivity contribution in [3.05, 3.63) is 70.5 Å². The van der Waals surface area contributed by atoms with Crippen LogP contribution in [0.5, 0.6) is 0 Å². The first-order valence-electron chi connectivity index (χ1n) is 9.16. The van der Waals surface area contributed by atoms with Crippen LogP contribution in [0.15, 0.2) is 42.5 Å². The number of hydrogen-bond donors (Lipinski definition) is 2. The van der Waals surface area contributed by atoms with Crippen LogP contribution in [0.4, 0.5) is 26.3 Å². The van der Waals surface area contributed by atoms with Crippen molar-refractivity contribution in [2.45, 2.75) is 37.4 Å². The Hall–Kier alpha value is -3.04. The zero-order chi connectivity index (χ0) is 23.4. The fourth-order valence-electron chi connectivity index (χ4n) is 3.73. The van der Waals surface area contributed by atoms with E-state index in [4.69, 9.17) is 5.41 Å². The molecule has 0 unspecified atom stereocenters. The predicted octanol–water partition coefficient (Wildman–Crippen LogP) is 4.95. The summed E-state index contributed by atoms with van der Waals surface area (Å²) in [5.74, 6) is -6.54. The molecular weight excluding hydrogens is 424 g/mol.